The Morgan fingerprint density at radius 2 is 1.45 bits per heavy atom. The molecule has 2 heterocycles. The van der Waals surface area contributed by atoms with E-state index in [0.717, 1.165) is 5.06 Å². The fourth-order valence-corrected chi connectivity index (χ4v) is 5.64. The summed E-state index contributed by atoms with van der Waals surface area (Å²) in [7, 11) is 1.21. The Balaban J connectivity index is 1.65. The van der Waals surface area contributed by atoms with Crippen LogP contribution in [0.2, 0.25) is 0 Å². The third-order valence-electron chi connectivity index (χ3n) is 8.44. The number of carbonyl (C=O) groups excluding carboxylic acids is 3. The summed E-state index contributed by atoms with van der Waals surface area (Å²) < 4.78 is 6.18. The predicted octanol–water partition coefficient (Wildman–Crippen LogP) is 4.70. The molecule has 0 fully saturated rings. The highest BCUT2D eigenvalue weighted by Crippen LogP contribution is 2.53. The Kier molecular flexibility index (Phi) is 7.44. The van der Waals surface area contributed by atoms with Crippen molar-refractivity contribution in [2.45, 2.75) is 46.3 Å². The van der Waals surface area contributed by atoms with Crippen LogP contribution in [0.4, 0.5) is 0 Å². The third-order valence-corrected chi connectivity index (χ3v) is 8.44. The van der Waals surface area contributed by atoms with Crippen LogP contribution in [-0.4, -0.2) is 60.6 Å². The molecule has 5 rings (SSSR count). The lowest BCUT2D eigenvalue weighted by molar-refractivity contribution is -1.08. The van der Waals surface area contributed by atoms with Crippen LogP contribution in [0.25, 0.3) is 11.1 Å². The average Bonchev–Trinajstić information content (AvgIpc) is 3.01. The molecule has 2 aliphatic heterocycles. The van der Waals surface area contributed by atoms with Gasteiger partial charge < -0.3 is 30.4 Å². The number of fused-ring (bicyclic) bond motifs is 2. The number of quaternary nitrogens is 1. The van der Waals surface area contributed by atoms with Gasteiger partial charge in [-0.1, -0.05) is 44.6 Å². The first-order chi connectivity index (χ1) is 20.8. The van der Waals surface area contributed by atoms with Crippen molar-refractivity contribution >= 4 is 28.6 Å². The molecule has 2 aromatic rings. The summed E-state index contributed by atoms with van der Waals surface area (Å²) in [4.78, 5) is 49.7. The maximum Gasteiger partial charge on any atom is 0.374 e. The number of benzene rings is 2. The van der Waals surface area contributed by atoms with Gasteiger partial charge in [-0.2, -0.15) is 5.06 Å². The number of amides is 1. The lowest BCUT2D eigenvalue weighted by atomic mass is 9.86. The number of hydrogen-bond acceptors (Lipinski definition) is 11. The van der Waals surface area contributed by atoms with Gasteiger partial charge in [0.05, 0.1) is 24.2 Å². The van der Waals surface area contributed by atoms with Crippen molar-refractivity contribution in [2.75, 3.05) is 7.11 Å². The fourth-order valence-electron chi connectivity index (χ4n) is 5.64. The van der Waals surface area contributed by atoms with E-state index in [1.807, 2.05) is 0 Å². The first kappa shape index (κ1) is 30.6. The molecule has 13 nitrogen and oxygen atoms in total. The van der Waals surface area contributed by atoms with Crippen LogP contribution < -0.4 is 9.57 Å². The van der Waals surface area contributed by atoms with Crippen LogP contribution in [0.1, 0.15) is 51.7 Å². The van der Waals surface area contributed by atoms with Crippen molar-refractivity contribution in [3.05, 3.63) is 81.9 Å². The number of allylic oxidation sites excluding steroid dienone is 3. The minimum absolute atomic E-state index is 0.0781. The smallest absolute Gasteiger partial charge is 0.374 e. The van der Waals surface area contributed by atoms with Crippen LogP contribution in [0.3, 0.4) is 0 Å². The largest absolute Gasteiger partial charge is 0.578 e. The summed E-state index contributed by atoms with van der Waals surface area (Å²) in [5.74, 6) is -7.65. The van der Waals surface area contributed by atoms with Gasteiger partial charge in [-0.3, -0.25) is 24.1 Å². The van der Waals surface area contributed by atoms with Crippen LogP contribution in [0.15, 0.2) is 65.6 Å². The van der Waals surface area contributed by atoms with E-state index in [9.17, 15) is 40.0 Å². The number of aliphatic hydroxyl groups excluding tert-OH is 3. The SMILES string of the molecule is CCC(C)C1=C(O)[N+]2([O-])Oc3ccc(C4=C(O)C(=O)C(c5ccc(O)cc5)=C(O)C4=O)cc3OC2(C(C)CC)C(=O)N1OC. The van der Waals surface area contributed by atoms with Gasteiger partial charge in [-0.05, 0) is 54.3 Å². The van der Waals surface area contributed by atoms with Gasteiger partial charge in [-0.25, -0.2) is 0 Å². The van der Waals surface area contributed by atoms with Crippen molar-refractivity contribution in [1.82, 2.24) is 5.06 Å². The number of aliphatic hydroxyl groups is 3. The number of hydroxylamine groups is 6. The number of phenols is 1. The Morgan fingerprint density at radius 3 is 2.00 bits per heavy atom. The van der Waals surface area contributed by atoms with Crippen LogP contribution in [0.5, 0.6) is 17.2 Å². The zero-order valence-electron chi connectivity index (χ0n) is 24.7. The van der Waals surface area contributed by atoms with E-state index in [-0.39, 0.29) is 40.5 Å². The van der Waals surface area contributed by atoms with Gasteiger partial charge in [0.1, 0.15) is 5.75 Å². The molecule has 0 radical (unpaired) electrons. The molecule has 13 heteroatoms. The summed E-state index contributed by atoms with van der Waals surface area (Å²) >= 11 is 0. The first-order valence-corrected chi connectivity index (χ1v) is 14.0. The van der Waals surface area contributed by atoms with Gasteiger partial charge in [0, 0.05) is 5.92 Å². The predicted molar refractivity (Wildman–Crippen MR) is 154 cm³/mol. The number of Topliss-reactive ketones (excluding diaryl/α,β-unsaturated/α-hetero) is 2. The molecule has 0 spiro atoms. The zero-order chi connectivity index (χ0) is 32.3. The van der Waals surface area contributed by atoms with Gasteiger partial charge >= 0.3 is 17.5 Å². The lowest BCUT2D eigenvalue weighted by Crippen LogP contribution is -2.78. The van der Waals surface area contributed by atoms with E-state index >= 15 is 0 Å². The molecule has 4 N–H and O–H groups in total. The normalized spacial score (nSPS) is 25.0. The molecule has 0 aromatic heterocycles. The molecular formula is C31H32N2O11. The second kappa shape index (κ2) is 10.7. The number of phenolic OH excluding ortho intramolecular Hbond substituents is 1. The van der Waals surface area contributed by atoms with E-state index in [1.165, 1.54) is 49.6 Å². The average molecular weight is 609 g/mol. The minimum Gasteiger partial charge on any atom is -0.578 e. The Labute approximate surface area is 252 Å². The molecule has 4 atom stereocenters. The van der Waals surface area contributed by atoms with Gasteiger partial charge in [0.25, 0.3) is 0 Å². The molecule has 1 aliphatic carbocycles. The van der Waals surface area contributed by atoms with Crippen LogP contribution in [-0.2, 0) is 19.2 Å². The maximum absolute atomic E-state index is 14.6. The highest BCUT2D eigenvalue weighted by Gasteiger charge is 2.72. The van der Waals surface area contributed by atoms with E-state index in [1.54, 1.807) is 27.7 Å². The number of aromatic hydroxyl groups is 1. The standard InChI is InChI=1S/C31H32N2O11/c1-6-15(3)24-29(39)33(41)31(16(4)7-2,30(40)32(24)42-5)43-21-14-18(10-13-20(21)44-33)23-27(37)25(35)22(26(36)28(23)38)17-8-11-19(34)12-9-17/h8-16,34-35,38-39H,6-7H2,1-5H3. The highest BCUT2D eigenvalue weighted by atomic mass is 17.0. The molecule has 0 bridgehead atoms. The Morgan fingerprint density at radius 1 is 0.886 bits per heavy atom. The molecule has 1 amide bonds. The number of ether oxygens (including phenoxy) is 1. The lowest BCUT2D eigenvalue weighted by Gasteiger charge is -2.56. The first-order valence-electron chi connectivity index (χ1n) is 14.0. The Hall–Kier alpha value is -4.85. The van der Waals surface area contributed by atoms with Gasteiger partial charge in [-0.15, -0.1) is 0 Å². The Bertz CT molecular complexity index is 1680. The number of hydrogen-bond donors (Lipinski definition) is 4. The molecule has 0 saturated carbocycles. The number of carbonyl (C=O) groups is 3. The zero-order valence-corrected chi connectivity index (χ0v) is 24.7. The van der Waals surface area contributed by atoms with Crippen LogP contribution in [0, 0.1) is 17.0 Å². The van der Waals surface area contributed by atoms with Gasteiger partial charge in [0.15, 0.2) is 23.0 Å². The highest BCUT2D eigenvalue weighted by molar-refractivity contribution is 6.46. The second-order valence-corrected chi connectivity index (χ2v) is 10.9. The summed E-state index contributed by atoms with van der Waals surface area (Å²) in [6, 6.07) is 8.78. The maximum atomic E-state index is 14.6. The molecule has 4 unspecified atom stereocenters. The van der Waals surface area contributed by atoms with Crippen molar-refractivity contribution in [3.8, 4) is 17.2 Å². The second-order valence-electron chi connectivity index (χ2n) is 10.9. The van der Waals surface area contributed by atoms with E-state index in [4.69, 9.17) is 14.4 Å². The summed E-state index contributed by atoms with van der Waals surface area (Å²) in [6.45, 7) is 6.80. The fraction of sp³-hybridized carbons (Fsp3) is 0.323. The van der Waals surface area contributed by atoms with Crippen molar-refractivity contribution in [2.24, 2.45) is 11.8 Å². The monoisotopic (exact) mass is 608 g/mol. The third kappa shape index (κ3) is 4.08. The molecule has 3 aliphatic rings. The molecule has 44 heavy (non-hydrogen) atoms. The molecule has 232 valence electrons. The number of rotatable bonds is 7. The summed E-state index contributed by atoms with van der Waals surface area (Å²) in [5.41, 5.74) is -3.52. The topological polar surface area (TPSA) is 186 Å². The van der Waals surface area contributed by atoms with Gasteiger partial charge in [0.2, 0.25) is 17.3 Å². The summed E-state index contributed by atoms with van der Waals surface area (Å²) in [5, 5.41) is 58.0. The number of ketones is 2. The van der Waals surface area contributed by atoms with Crippen molar-refractivity contribution in [1.29, 1.82) is 0 Å². The van der Waals surface area contributed by atoms with Crippen molar-refractivity contribution in [3.63, 3.8) is 0 Å². The van der Waals surface area contributed by atoms with E-state index < -0.39 is 68.4 Å². The van der Waals surface area contributed by atoms with Crippen LogP contribution >= 0.6 is 0 Å². The molecule has 2 aromatic carbocycles. The van der Waals surface area contributed by atoms with E-state index in [0.29, 0.717) is 6.42 Å². The number of nitrogens with zero attached hydrogens (tertiary/aromatic N) is 2. The summed E-state index contributed by atoms with van der Waals surface area (Å²) in [6.07, 6.45) is 0.679. The molecular weight excluding hydrogens is 576 g/mol. The van der Waals surface area contributed by atoms with Crippen molar-refractivity contribution < 1.29 is 54.0 Å². The quantitative estimate of drug-likeness (QED) is 0.194. The minimum atomic E-state index is -2.44. The molecule has 0 saturated heterocycles. The van der Waals surface area contributed by atoms with E-state index in [2.05, 4.69) is 0 Å².